The molecule has 3 aromatic carbocycles. The lowest BCUT2D eigenvalue weighted by molar-refractivity contribution is 0.0399. The highest BCUT2D eigenvalue weighted by atomic mass is 16.6. The van der Waals surface area contributed by atoms with Crippen LogP contribution in [0.25, 0.3) is 10.8 Å². The normalized spacial score (nSPS) is 11.9. The molecule has 126 valence electrons. The number of hydrogen-bond acceptors (Lipinski definition) is 5. The molecule has 0 saturated carbocycles. The highest BCUT2D eigenvalue weighted by molar-refractivity contribution is 6.09. The van der Waals surface area contributed by atoms with Crippen molar-refractivity contribution in [3.63, 3.8) is 0 Å². The monoisotopic (exact) mass is 334 g/mol. The van der Waals surface area contributed by atoms with E-state index >= 15 is 0 Å². The Hall–Kier alpha value is -3.18. The first-order valence-electron chi connectivity index (χ1n) is 7.86. The van der Waals surface area contributed by atoms with E-state index < -0.39 is 11.9 Å². The van der Waals surface area contributed by atoms with Gasteiger partial charge in [0.2, 0.25) is 0 Å². The summed E-state index contributed by atoms with van der Waals surface area (Å²) in [4.78, 5) is 24.8. The fourth-order valence-corrected chi connectivity index (χ4v) is 2.70. The Balaban J connectivity index is 1.88. The number of carbonyl (C=O) groups excluding carboxylic acids is 2. The molecule has 0 radical (unpaired) electrons. The highest BCUT2D eigenvalue weighted by Crippen LogP contribution is 2.22. The molecule has 0 aliphatic heterocycles. The van der Waals surface area contributed by atoms with Crippen molar-refractivity contribution in [2.75, 3.05) is 5.73 Å². The summed E-state index contributed by atoms with van der Waals surface area (Å²) in [7, 11) is 0. The molecule has 1 unspecified atom stereocenters. The van der Waals surface area contributed by atoms with Crippen LogP contribution >= 0.6 is 0 Å². The van der Waals surface area contributed by atoms with Crippen LogP contribution in [0.4, 0.5) is 5.69 Å². The van der Waals surface area contributed by atoms with Crippen molar-refractivity contribution < 1.29 is 14.3 Å². The highest BCUT2D eigenvalue weighted by Gasteiger charge is 2.18. The quantitative estimate of drug-likeness (QED) is 0.434. The first-order chi connectivity index (χ1) is 12.0. The standard InChI is InChI=1S/C20H18N2O3/c1-12(21)17-11-14(9-10-18(17)22)19(23)25-20(24)16-8-4-6-13-5-2-3-7-15(13)16/h2-12H,21-22H2,1H3. The average Bonchev–Trinajstić information content (AvgIpc) is 2.61. The molecule has 5 nitrogen and oxygen atoms in total. The second-order valence-corrected chi connectivity index (χ2v) is 5.84. The van der Waals surface area contributed by atoms with Gasteiger partial charge in [0, 0.05) is 11.7 Å². The Morgan fingerprint density at radius 3 is 2.44 bits per heavy atom. The van der Waals surface area contributed by atoms with Gasteiger partial charge in [0.1, 0.15) is 0 Å². The number of anilines is 1. The number of esters is 2. The summed E-state index contributed by atoms with van der Waals surface area (Å²) >= 11 is 0. The van der Waals surface area contributed by atoms with Gasteiger partial charge in [0.25, 0.3) is 0 Å². The third kappa shape index (κ3) is 3.36. The summed E-state index contributed by atoms with van der Waals surface area (Å²) in [5.74, 6) is -1.43. The van der Waals surface area contributed by atoms with Crippen LogP contribution in [0.3, 0.4) is 0 Å². The Kier molecular flexibility index (Phi) is 4.50. The van der Waals surface area contributed by atoms with Crippen molar-refractivity contribution in [2.45, 2.75) is 13.0 Å². The van der Waals surface area contributed by atoms with Crippen LogP contribution in [0.1, 0.15) is 39.2 Å². The van der Waals surface area contributed by atoms with Gasteiger partial charge in [-0.05, 0) is 47.5 Å². The lowest BCUT2D eigenvalue weighted by Crippen LogP contribution is -2.15. The lowest BCUT2D eigenvalue weighted by atomic mass is 10.0. The number of fused-ring (bicyclic) bond motifs is 1. The van der Waals surface area contributed by atoms with E-state index in [1.807, 2.05) is 30.3 Å². The predicted molar refractivity (Wildman–Crippen MR) is 97.2 cm³/mol. The van der Waals surface area contributed by atoms with E-state index in [0.29, 0.717) is 16.8 Å². The first kappa shape index (κ1) is 16.7. The zero-order chi connectivity index (χ0) is 18.0. The SMILES string of the molecule is CC(N)c1cc(C(=O)OC(=O)c2cccc3ccccc23)ccc1N. The summed E-state index contributed by atoms with van der Waals surface area (Å²) < 4.78 is 5.05. The molecule has 0 aliphatic carbocycles. The maximum atomic E-state index is 12.4. The fourth-order valence-electron chi connectivity index (χ4n) is 2.70. The molecule has 0 fully saturated rings. The second kappa shape index (κ2) is 6.75. The molecule has 0 heterocycles. The van der Waals surface area contributed by atoms with Crippen LogP contribution in [-0.4, -0.2) is 11.9 Å². The Morgan fingerprint density at radius 2 is 1.68 bits per heavy atom. The van der Waals surface area contributed by atoms with Gasteiger partial charge < -0.3 is 16.2 Å². The Morgan fingerprint density at radius 1 is 0.960 bits per heavy atom. The second-order valence-electron chi connectivity index (χ2n) is 5.84. The number of ether oxygens (including phenoxy) is 1. The molecule has 0 saturated heterocycles. The van der Waals surface area contributed by atoms with Gasteiger partial charge in [-0.2, -0.15) is 0 Å². The van der Waals surface area contributed by atoms with E-state index in [0.717, 1.165) is 10.8 Å². The third-order valence-electron chi connectivity index (χ3n) is 4.01. The van der Waals surface area contributed by atoms with Gasteiger partial charge in [-0.15, -0.1) is 0 Å². The maximum absolute atomic E-state index is 12.4. The number of rotatable bonds is 3. The number of benzene rings is 3. The van der Waals surface area contributed by atoms with Crippen molar-refractivity contribution >= 4 is 28.4 Å². The predicted octanol–water partition coefficient (Wildman–Crippen LogP) is 3.44. The van der Waals surface area contributed by atoms with E-state index in [1.165, 1.54) is 6.07 Å². The maximum Gasteiger partial charge on any atom is 0.346 e. The van der Waals surface area contributed by atoms with Crippen LogP contribution < -0.4 is 11.5 Å². The van der Waals surface area contributed by atoms with Gasteiger partial charge in [-0.3, -0.25) is 0 Å². The molecular weight excluding hydrogens is 316 g/mol. The van der Waals surface area contributed by atoms with E-state index in [4.69, 9.17) is 16.2 Å². The van der Waals surface area contributed by atoms with Crippen molar-refractivity contribution in [3.05, 3.63) is 77.4 Å². The minimum atomic E-state index is -0.736. The van der Waals surface area contributed by atoms with Crippen LogP contribution in [0.5, 0.6) is 0 Å². The summed E-state index contributed by atoms with van der Waals surface area (Å²) in [6.45, 7) is 1.77. The molecule has 0 bridgehead atoms. The van der Waals surface area contributed by atoms with Crippen molar-refractivity contribution in [1.82, 2.24) is 0 Å². The molecule has 25 heavy (non-hydrogen) atoms. The van der Waals surface area contributed by atoms with Crippen LogP contribution in [-0.2, 0) is 4.74 Å². The first-order valence-corrected chi connectivity index (χ1v) is 7.86. The molecule has 5 heteroatoms. The molecule has 1 atom stereocenters. The molecular formula is C20H18N2O3. The fraction of sp³-hybridized carbons (Fsp3) is 0.100. The van der Waals surface area contributed by atoms with Gasteiger partial charge >= 0.3 is 11.9 Å². The topological polar surface area (TPSA) is 95.4 Å². The average molecular weight is 334 g/mol. The van der Waals surface area contributed by atoms with Gasteiger partial charge in [0.15, 0.2) is 0 Å². The van der Waals surface area contributed by atoms with Crippen molar-refractivity contribution in [3.8, 4) is 0 Å². The third-order valence-corrected chi connectivity index (χ3v) is 4.01. The molecule has 3 aromatic rings. The Bertz CT molecular complexity index is 959. The summed E-state index contributed by atoms with van der Waals surface area (Å²) in [5.41, 5.74) is 13.4. The smallest absolute Gasteiger partial charge is 0.346 e. The largest absolute Gasteiger partial charge is 0.398 e. The van der Waals surface area contributed by atoms with Crippen LogP contribution in [0, 0.1) is 0 Å². The minimum absolute atomic E-state index is 0.232. The molecule has 0 aromatic heterocycles. The summed E-state index contributed by atoms with van der Waals surface area (Å²) in [6.07, 6.45) is 0. The molecule has 0 amide bonds. The van der Waals surface area contributed by atoms with E-state index in [2.05, 4.69) is 0 Å². The lowest BCUT2D eigenvalue weighted by Gasteiger charge is -2.11. The van der Waals surface area contributed by atoms with Gasteiger partial charge in [0.05, 0.1) is 11.1 Å². The van der Waals surface area contributed by atoms with Gasteiger partial charge in [-0.1, -0.05) is 36.4 Å². The van der Waals surface area contributed by atoms with Gasteiger partial charge in [-0.25, -0.2) is 9.59 Å². The summed E-state index contributed by atoms with van der Waals surface area (Å²) in [5, 5.41) is 1.63. The van der Waals surface area contributed by atoms with Crippen LogP contribution in [0.15, 0.2) is 60.7 Å². The van der Waals surface area contributed by atoms with Crippen molar-refractivity contribution in [2.24, 2.45) is 5.73 Å². The number of nitrogen functional groups attached to an aromatic ring is 1. The number of carbonyl (C=O) groups is 2. The van der Waals surface area contributed by atoms with E-state index in [-0.39, 0.29) is 11.6 Å². The number of nitrogens with two attached hydrogens (primary N) is 2. The minimum Gasteiger partial charge on any atom is -0.398 e. The van der Waals surface area contributed by atoms with E-state index in [1.54, 1.807) is 31.2 Å². The van der Waals surface area contributed by atoms with E-state index in [9.17, 15) is 9.59 Å². The zero-order valence-electron chi connectivity index (χ0n) is 13.7. The Labute approximate surface area is 145 Å². The molecule has 0 spiro atoms. The molecule has 4 N–H and O–H groups in total. The van der Waals surface area contributed by atoms with Crippen LogP contribution in [0.2, 0.25) is 0 Å². The van der Waals surface area contributed by atoms with Crippen molar-refractivity contribution in [1.29, 1.82) is 0 Å². The number of hydrogen-bond donors (Lipinski definition) is 2. The molecule has 3 rings (SSSR count). The summed E-state index contributed by atoms with van der Waals surface area (Å²) in [6, 6.07) is 17.0. The molecule has 0 aliphatic rings. The zero-order valence-corrected chi connectivity index (χ0v) is 13.7.